The highest BCUT2D eigenvalue weighted by molar-refractivity contribution is 9.10. The lowest BCUT2D eigenvalue weighted by Gasteiger charge is -2.16. The number of hydrogen-bond acceptors (Lipinski definition) is 3. The van der Waals surface area contributed by atoms with Gasteiger partial charge in [-0.25, -0.2) is 4.98 Å². The first-order valence-corrected chi connectivity index (χ1v) is 7.42. The number of aromatic nitrogens is 4. The van der Waals surface area contributed by atoms with Crippen LogP contribution in [0.4, 0.5) is 0 Å². The first kappa shape index (κ1) is 12.9. The van der Waals surface area contributed by atoms with E-state index < -0.39 is 6.10 Å². The molecular weight excluding hydrogens is 308 g/mol. The van der Waals surface area contributed by atoms with Crippen LogP contribution in [-0.4, -0.2) is 24.4 Å². The fourth-order valence-corrected chi connectivity index (χ4v) is 2.87. The maximum atomic E-state index is 10.7. The van der Waals surface area contributed by atoms with Gasteiger partial charge in [0.1, 0.15) is 6.10 Å². The number of hydrogen-bond donors (Lipinski definition) is 1. The van der Waals surface area contributed by atoms with Gasteiger partial charge in [-0.1, -0.05) is 6.92 Å². The van der Waals surface area contributed by atoms with Crippen molar-refractivity contribution in [2.24, 2.45) is 0 Å². The van der Waals surface area contributed by atoms with Crippen LogP contribution in [0.15, 0.2) is 23.2 Å². The zero-order chi connectivity index (χ0) is 13.4. The van der Waals surface area contributed by atoms with E-state index in [4.69, 9.17) is 0 Å². The van der Waals surface area contributed by atoms with E-state index in [2.05, 4.69) is 37.5 Å². The molecule has 1 fully saturated rings. The van der Waals surface area contributed by atoms with Crippen molar-refractivity contribution in [1.29, 1.82) is 0 Å². The quantitative estimate of drug-likeness (QED) is 0.919. The number of halogens is 1. The Morgan fingerprint density at radius 1 is 1.47 bits per heavy atom. The summed E-state index contributed by atoms with van der Waals surface area (Å²) in [5.74, 6) is 0. The zero-order valence-electron chi connectivity index (χ0n) is 10.8. The van der Waals surface area contributed by atoms with Crippen molar-refractivity contribution in [2.45, 2.75) is 44.9 Å². The van der Waals surface area contributed by atoms with E-state index in [-0.39, 0.29) is 0 Å². The molecule has 0 saturated heterocycles. The second-order valence-electron chi connectivity index (χ2n) is 4.96. The molecule has 1 N–H and O–H groups in total. The van der Waals surface area contributed by atoms with E-state index in [1.165, 1.54) is 12.8 Å². The lowest BCUT2D eigenvalue weighted by atomic mass is 10.2. The van der Waals surface area contributed by atoms with E-state index in [9.17, 15) is 5.11 Å². The standard InChI is InChI=1S/C13H17BrN4O/c1-2-5-18-12(10(14)6-16-18)13(19)11-7-15-8-17(11)9-3-4-9/h6-9,13,19H,2-5H2,1H3. The Morgan fingerprint density at radius 3 is 2.95 bits per heavy atom. The molecule has 19 heavy (non-hydrogen) atoms. The largest absolute Gasteiger partial charge is 0.380 e. The van der Waals surface area contributed by atoms with Gasteiger partial charge >= 0.3 is 0 Å². The van der Waals surface area contributed by atoms with E-state index in [1.807, 2.05) is 11.0 Å². The lowest BCUT2D eigenvalue weighted by molar-refractivity contribution is 0.196. The van der Waals surface area contributed by atoms with E-state index in [0.29, 0.717) is 6.04 Å². The molecule has 0 radical (unpaired) electrons. The minimum Gasteiger partial charge on any atom is -0.380 e. The summed E-state index contributed by atoms with van der Waals surface area (Å²) < 4.78 is 4.79. The molecule has 1 unspecified atom stereocenters. The molecule has 1 aliphatic rings. The van der Waals surface area contributed by atoms with Crippen molar-refractivity contribution in [2.75, 3.05) is 0 Å². The SMILES string of the molecule is CCCn1ncc(Br)c1C(O)c1cncn1C1CC1. The third kappa shape index (κ3) is 2.34. The van der Waals surface area contributed by atoms with Crippen LogP contribution in [0.1, 0.15) is 49.7 Å². The Kier molecular flexibility index (Phi) is 3.45. The summed E-state index contributed by atoms with van der Waals surface area (Å²) in [5.41, 5.74) is 1.66. The van der Waals surface area contributed by atoms with E-state index in [1.54, 1.807) is 12.4 Å². The number of aryl methyl sites for hydroxylation is 1. The van der Waals surface area contributed by atoms with Gasteiger partial charge in [-0.2, -0.15) is 5.10 Å². The van der Waals surface area contributed by atoms with Crippen LogP contribution in [0.2, 0.25) is 0 Å². The number of aliphatic hydroxyl groups is 1. The molecular formula is C13H17BrN4O. The minimum absolute atomic E-state index is 0.508. The van der Waals surface area contributed by atoms with Crippen molar-refractivity contribution in [1.82, 2.24) is 19.3 Å². The molecule has 5 nitrogen and oxygen atoms in total. The average molecular weight is 325 g/mol. The van der Waals surface area contributed by atoms with Gasteiger partial charge in [0.15, 0.2) is 0 Å². The highest BCUT2D eigenvalue weighted by atomic mass is 79.9. The van der Waals surface area contributed by atoms with E-state index in [0.717, 1.165) is 28.8 Å². The van der Waals surface area contributed by atoms with Gasteiger partial charge in [-0.3, -0.25) is 4.68 Å². The highest BCUT2D eigenvalue weighted by Crippen LogP contribution is 2.38. The maximum Gasteiger partial charge on any atom is 0.138 e. The van der Waals surface area contributed by atoms with Crippen LogP contribution in [0.3, 0.4) is 0 Å². The number of rotatable bonds is 5. The molecule has 0 spiro atoms. The Bertz CT molecular complexity index is 573. The Balaban J connectivity index is 1.96. The van der Waals surface area contributed by atoms with Crippen molar-refractivity contribution < 1.29 is 5.11 Å². The Hall–Kier alpha value is -1.14. The summed E-state index contributed by atoms with van der Waals surface area (Å²) in [6.07, 6.45) is 7.94. The second kappa shape index (κ2) is 5.09. The van der Waals surface area contributed by atoms with Gasteiger partial charge in [0.2, 0.25) is 0 Å². The summed E-state index contributed by atoms with van der Waals surface area (Å²) in [6, 6.07) is 0.508. The van der Waals surface area contributed by atoms with Gasteiger partial charge in [0.25, 0.3) is 0 Å². The molecule has 0 amide bonds. The normalized spacial score (nSPS) is 16.8. The Morgan fingerprint density at radius 2 is 2.26 bits per heavy atom. The zero-order valence-corrected chi connectivity index (χ0v) is 12.4. The maximum absolute atomic E-state index is 10.7. The first-order chi connectivity index (χ1) is 9.22. The van der Waals surface area contributed by atoms with Gasteiger partial charge in [0.05, 0.1) is 34.6 Å². The topological polar surface area (TPSA) is 55.9 Å². The molecule has 2 heterocycles. The van der Waals surface area contributed by atoms with Crippen LogP contribution in [-0.2, 0) is 6.54 Å². The van der Waals surface area contributed by atoms with Gasteiger partial charge in [-0.05, 0) is 35.2 Å². The summed E-state index contributed by atoms with van der Waals surface area (Å²) in [4.78, 5) is 4.18. The van der Waals surface area contributed by atoms with Gasteiger partial charge < -0.3 is 9.67 Å². The molecule has 3 rings (SSSR count). The number of nitrogens with zero attached hydrogens (tertiary/aromatic N) is 4. The predicted molar refractivity (Wildman–Crippen MR) is 74.8 cm³/mol. The van der Waals surface area contributed by atoms with Crippen LogP contribution in [0.5, 0.6) is 0 Å². The van der Waals surface area contributed by atoms with Crippen LogP contribution in [0, 0.1) is 0 Å². The van der Waals surface area contributed by atoms with E-state index >= 15 is 0 Å². The molecule has 102 valence electrons. The van der Waals surface area contributed by atoms with Crippen molar-refractivity contribution >= 4 is 15.9 Å². The molecule has 1 saturated carbocycles. The minimum atomic E-state index is -0.688. The van der Waals surface area contributed by atoms with Crippen molar-refractivity contribution in [3.8, 4) is 0 Å². The molecule has 0 bridgehead atoms. The summed E-state index contributed by atoms with van der Waals surface area (Å²) in [6.45, 7) is 2.90. The average Bonchev–Trinajstić information content (AvgIpc) is 3.01. The Labute approximate surface area is 120 Å². The third-order valence-electron chi connectivity index (χ3n) is 3.44. The fraction of sp³-hybridized carbons (Fsp3) is 0.538. The van der Waals surface area contributed by atoms with Crippen LogP contribution >= 0.6 is 15.9 Å². The van der Waals surface area contributed by atoms with Crippen LogP contribution in [0.25, 0.3) is 0 Å². The number of imidazole rings is 1. The number of aliphatic hydroxyl groups excluding tert-OH is 1. The summed E-state index contributed by atoms with van der Waals surface area (Å²) in [7, 11) is 0. The van der Waals surface area contributed by atoms with Crippen LogP contribution < -0.4 is 0 Å². The fourth-order valence-electron chi connectivity index (χ4n) is 2.36. The molecule has 0 aromatic carbocycles. The van der Waals surface area contributed by atoms with Crippen molar-refractivity contribution in [3.63, 3.8) is 0 Å². The van der Waals surface area contributed by atoms with Gasteiger partial charge in [-0.15, -0.1) is 0 Å². The molecule has 2 aromatic rings. The second-order valence-corrected chi connectivity index (χ2v) is 5.81. The molecule has 1 atom stereocenters. The molecule has 1 aliphatic carbocycles. The molecule has 2 aromatic heterocycles. The first-order valence-electron chi connectivity index (χ1n) is 6.63. The smallest absolute Gasteiger partial charge is 0.138 e. The summed E-state index contributed by atoms with van der Waals surface area (Å²) >= 11 is 3.48. The highest BCUT2D eigenvalue weighted by Gasteiger charge is 2.29. The molecule has 0 aliphatic heterocycles. The monoisotopic (exact) mass is 324 g/mol. The summed E-state index contributed by atoms with van der Waals surface area (Å²) in [5, 5.41) is 15.0. The predicted octanol–water partition coefficient (Wildman–Crippen LogP) is 2.67. The van der Waals surface area contributed by atoms with Gasteiger partial charge in [0, 0.05) is 12.6 Å². The van der Waals surface area contributed by atoms with Crippen molar-refractivity contribution in [3.05, 3.63) is 34.6 Å². The third-order valence-corrected chi connectivity index (χ3v) is 4.06. The molecule has 6 heteroatoms. The lowest BCUT2D eigenvalue weighted by Crippen LogP contribution is -2.13.